The molecule has 96 valence electrons. The predicted octanol–water partition coefficient (Wildman–Crippen LogP) is 4.52. The SMILES string of the molecule is FC(F)(F)c1cc(Br)ccc1C1=NC/C(=C\I)O1. The summed E-state index contributed by atoms with van der Waals surface area (Å²) in [6, 6.07) is 3.90. The van der Waals surface area contributed by atoms with Crippen molar-refractivity contribution in [1.29, 1.82) is 0 Å². The summed E-state index contributed by atoms with van der Waals surface area (Å²) in [5.41, 5.74) is -0.802. The summed E-state index contributed by atoms with van der Waals surface area (Å²) in [6.07, 6.45) is -4.44. The van der Waals surface area contributed by atoms with Crippen LogP contribution < -0.4 is 0 Å². The van der Waals surface area contributed by atoms with Crippen LogP contribution in [0, 0.1) is 0 Å². The standard InChI is InChI=1S/C11H6BrF3INO/c12-6-1-2-8(9(3-6)11(13,14)15)10-17-5-7(4-16)18-10/h1-4H,5H2/b7-4+. The third kappa shape index (κ3) is 2.87. The Hall–Kier alpha value is -0.570. The molecule has 0 unspecified atom stereocenters. The summed E-state index contributed by atoms with van der Waals surface area (Å²) < 4.78 is 46.0. The van der Waals surface area contributed by atoms with Crippen LogP contribution in [-0.2, 0) is 10.9 Å². The van der Waals surface area contributed by atoms with Crippen LogP contribution >= 0.6 is 38.5 Å². The number of hydrogen-bond acceptors (Lipinski definition) is 2. The van der Waals surface area contributed by atoms with Crippen molar-refractivity contribution < 1.29 is 17.9 Å². The van der Waals surface area contributed by atoms with Crippen molar-refractivity contribution in [1.82, 2.24) is 0 Å². The number of aliphatic imine (C=N–C) groups is 1. The molecule has 0 aromatic heterocycles. The molecule has 0 saturated carbocycles. The summed E-state index contributed by atoms with van der Waals surface area (Å²) in [4.78, 5) is 3.97. The van der Waals surface area contributed by atoms with Gasteiger partial charge in [0.25, 0.3) is 0 Å². The lowest BCUT2D eigenvalue weighted by Crippen LogP contribution is -2.13. The van der Waals surface area contributed by atoms with Gasteiger partial charge in [-0.3, -0.25) is 0 Å². The van der Waals surface area contributed by atoms with Crippen LogP contribution in [0.3, 0.4) is 0 Å². The molecule has 0 atom stereocenters. The summed E-state index contributed by atoms with van der Waals surface area (Å²) in [7, 11) is 0. The van der Waals surface area contributed by atoms with Crippen LogP contribution in [0.2, 0.25) is 0 Å². The fourth-order valence-corrected chi connectivity index (χ4v) is 2.16. The molecule has 18 heavy (non-hydrogen) atoms. The molecule has 0 aliphatic carbocycles. The van der Waals surface area contributed by atoms with E-state index in [0.717, 1.165) is 6.07 Å². The number of hydrogen-bond donors (Lipinski definition) is 0. The normalized spacial score (nSPS) is 17.8. The van der Waals surface area contributed by atoms with Crippen LogP contribution in [0.15, 0.2) is 37.5 Å². The van der Waals surface area contributed by atoms with Crippen molar-refractivity contribution in [3.05, 3.63) is 43.6 Å². The maximum absolute atomic E-state index is 12.9. The molecule has 0 fully saturated rings. The van der Waals surface area contributed by atoms with E-state index in [9.17, 15) is 13.2 Å². The second-order valence-corrected chi connectivity index (χ2v) is 5.03. The van der Waals surface area contributed by atoms with E-state index >= 15 is 0 Å². The highest BCUT2D eigenvalue weighted by atomic mass is 127. The Morgan fingerprint density at radius 2 is 2.11 bits per heavy atom. The van der Waals surface area contributed by atoms with Gasteiger partial charge in [-0.15, -0.1) is 0 Å². The van der Waals surface area contributed by atoms with Gasteiger partial charge < -0.3 is 4.74 Å². The molecule has 0 bridgehead atoms. The van der Waals surface area contributed by atoms with Crippen molar-refractivity contribution >= 4 is 44.4 Å². The number of rotatable bonds is 1. The lowest BCUT2D eigenvalue weighted by molar-refractivity contribution is -0.137. The number of nitrogens with zero attached hydrogens (tertiary/aromatic N) is 1. The van der Waals surface area contributed by atoms with E-state index in [1.54, 1.807) is 4.08 Å². The first kappa shape index (κ1) is 13.9. The van der Waals surface area contributed by atoms with Crippen molar-refractivity contribution in [2.75, 3.05) is 6.54 Å². The summed E-state index contributed by atoms with van der Waals surface area (Å²) in [5, 5.41) is 0. The smallest absolute Gasteiger partial charge is 0.417 e. The molecule has 2 nitrogen and oxygen atoms in total. The second-order valence-electron chi connectivity index (χ2n) is 3.49. The van der Waals surface area contributed by atoms with Crippen LogP contribution in [0.1, 0.15) is 11.1 Å². The minimum Gasteiger partial charge on any atom is -0.441 e. The molecule has 1 aliphatic rings. The first-order chi connectivity index (χ1) is 8.41. The fourth-order valence-electron chi connectivity index (χ4n) is 1.47. The van der Waals surface area contributed by atoms with Crippen molar-refractivity contribution in [2.24, 2.45) is 4.99 Å². The van der Waals surface area contributed by atoms with Gasteiger partial charge in [0.15, 0.2) is 0 Å². The van der Waals surface area contributed by atoms with Gasteiger partial charge in [-0.2, -0.15) is 13.2 Å². The molecule has 0 N–H and O–H groups in total. The Balaban J connectivity index is 2.46. The van der Waals surface area contributed by atoms with Crippen LogP contribution in [-0.4, -0.2) is 12.4 Å². The van der Waals surface area contributed by atoms with Crippen LogP contribution in [0.25, 0.3) is 0 Å². The molecule has 1 aliphatic heterocycles. The average molecular weight is 432 g/mol. The molecule has 1 heterocycles. The Bertz CT molecular complexity index is 540. The quantitative estimate of drug-likeness (QED) is 0.599. The van der Waals surface area contributed by atoms with Gasteiger partial charge in [0.1, 0.15) is 12.3 Å². The van der Waals surface area contributed by atoms with Gasteiger partial charge in [-0.05, 0) is 40.8 Å². The van der Waals surface area contributed by atoms with Gasteiger partial charge in [-0.25, -0.2) is 4.99 Å². The highest BCUT2D eigenvalue weighted by molar-refractivity contribution is 14.1. The monoisotopic (exact) mass is 431 g/mol. The van der Waals surface area contributed by atoms with Gasteiger partial charge in [0, 0.05) is 14.1 Å². The van der Waals surface area contributed by atoms with Crippen molar-refractivity contribution in [3.8, 4) is 0 Å². The summed E-state index contributed by atoms with van der Waals surface area (Å²) >= 11 is 4.99. The van der Waals surface area contributed by atoms with E-state index in [1.165, 1.54) is 12.1 Å². The zero-order chi connectivity index (χ0) is 13.3. The van der Waals surface area contributed by atoms with E-state index in [4.69, 9.17) is 4.74 Å². The molecule has 7 heteroatoms. The van der Waals surface area contributed by atoms with E-state index < -0.39 is 11.7 Å². The van der Waals surface area contributed by atoms with Gasteiger partial charge in [0.2, 0.25) is 5.90 Å². The lowest BCUT2D eigenvalue weighted by atomic mass is 10.1. The molecule has 0 saturated heterocycles. The first-order valence-corrected chi connectivity index (χ1v) is 6.84. The molecule has 2 rings (SSSR count). The van der Waals surface area contributed by atoms with Crippen molar-refractivity contribution in [3.63, 3.8) is 0 Å². The van der Waals surface area contributed by atoms with E-state index in [-0.39, 0.29) is 18.0 Å². The van der Waals surface area contributed by atoms with E-state index in [1.807, 2.05) is 22.6 Å². The largest absolute Gasteiger partial charge is 0.441 e. The third-order valence-electron chi connectivity index (χ3n) is 2.25. The predicted molar refractivity (Wildman–Crippen MR) is 73.7 cm³/mol. The zero-order valence-electron chi connectivity index (χ0n) is 8.76. The highest BCUT2D eigenvalue weighted by Gasteiger charge is 2.36. The topological polar surface area (TPSA) is 21.6 Å². The molecule has 1 aromatic carbocycles. The average Bonchev–Trinajstić information content (AvgIpc) is 2.76. The maximum atomic E-state index is 12.9. The Labute approximate surface area is 123 Å². The van der Waals surface area contributed by atoms with Gasteiger partial charge in [-0.1, -0.05) is 15.9 Å². The van der Waals surface area contributed by atoms with Crippen LogP contribution in [0.4, 0.5) is 13.2 Å². The van der Waals surface area contributed by atoms with Gasteiger partial charge >= 0.3 is 6.18 Å². The minimum absolute atomic E-state index is 0.0118. The van der Waals surface area contributed by atoms with Crippen molar-refractivity contribution in [2.45, 2.75) is 6.18 Å². The molecule has 0 spiro atoms. The fraction of sp³-hybridized carbons (Fsp3) is 0.182. The molecular weight excluding hydrogens is 426 g/mol. The molecule has 1 aromatic rings. The summed E-state index contributed by atoms with van der Waals surface area (Å²) in [6.45, 7) is 0.269. The summed E-state index contributed by atoms with van der Waals surface area (Å²) in [5.74, 6) is 0.555. The minimum atomic E-state index is -4.44. The zero-order valence-corrected chi connectivity index (χ0v) is 12.5. The van der Waals surface area contributed by atoms with Crippen LogP contribution in [0.5, 0.6) is 0 Å². The Kier molecular flexibility index (Phi) is 4.00. The number of halogens is 5. The highest BCUT2D eigenvalue weighted by Crippen LogP contribution is 2.35. The molecule has 0 amide bonds. The second kappa shape index (κ2) is 5.20. The first-order valence-electron chi connectivity index (χ1n) is 4.80. The molecule has 0 radical (unpaired) electrons. The van der Waals surface area contributed by atoms with E-state index in [0.29, 0.717) is 10.2 Å². The van der Waals surface area contributed by atoms with Gasteiger partial charge in [0.05, 0.1) is 5.56 Å². The Morgan fingerprint density at radius 1 is 1.39 bits per heavy atom. The van der Waals surface area contributed by atoms with E-state index in [2.05, 4.69) is 20.9 Å². The lowest BCUT2D eigenvalue weighted by Gasteiger charge is -2.12. The number of ether oxygens (including phenoxy) is 1. The maximum Gasteiger partial charge on any atom is 0.417 e. The number of benzene rings is 1. The third-order valence-corrected chi connectivity index (χ3v) is 3.43. The Morgan fingerprint density at radius 3 is 2.67 bits per heavy atom. The number of alkyl halides is 3. The molecular formula is C11H6BrF3INO.